The second kappa shape index (κ2) is 9.31. The van der Waals surface area contributed by atoms with Gasteiger partial charge in [-0.2, -0.15) is 4.98 Å². The molecule has 0 atom stereocenters. The summed E-state index contributed by atoms with van der Waals surface area (Å²) in [5, 5.41) is 6.15. The van der Waals surface area contributed by atoms with Gasteiger partial charge >= 0.3 is 0 Å². The lowest BCUT2D eigenvalue weighted by atomic mass is 9.97. The van der Waals surface area contributed by atoms with Crippen LogP contribution in [0.3, 0.4) is 0 Å². The molecule has 146 valence electrons. The van der Waals surface area contributed by atoms with Crippen LogP contribution >= 0.6 is 12.2 Å². The third-order valence-electron chi connectivity index (χ3n) is 4.16. The van der Waals surface area contributed by atoms with Gasteiger partial charge in [-0.25, -0.2) is 13.4 Å². The van der Waals surface area contributed by atoms with Crippen LogP contribution < -0.4 is 21.1 Å². The van der Waals surface area contributed by atoms with Crippen molar-refractivity contribution in [2.24, 2.45) is 0 Å². The molecule has 0 unspecified atom stereocenters. The van der Waals surface area contributed by atoms with Gasteiger partial charge in [-0.05, 0) is 38.9 Å². The Morgan fingerprint density at radius 3 is 2.46 bits per heavy atom. The van der Waals surface area contributed by atoms with Crippen molar-refractivity contribution in [1.29, 1.82) is 0 Å². The fourth-order valence-electron chi connectivity index (χ4n) is 2.95. The van der Waals surface area contributed by atoms with Gasteiger partial charge < -0.3 is 16.4 Å². The van der Waals surface area contributed by atoms with Crippen molar-refractivity contribution < 1.29 is 8.42 Å². The zero-order valence-electron chi connectivity index (χ0n) is 15.3. The van der Waals surface area contributed by atoms with Gasteiger partial charge in [0.15, 0.2) is 10.9 Å². The number of nitrogens with one attached hydrogen (secondary N) is 3. The lowest BCUT2D eigenvalue weighted by Crippen LogP contribution is -2.42. The molecule has 1 aliphatic rings. The number of sulfonamides is 1. The molecule has 0 aliphatic heterocycles. The van der Waals surface area contributed by atoms with Gasteiger partial charge in [0, 0.05) is 12.1 Å². The molecule has 0 amide bonds. The monoisotopic (exact) mass is 400 g/mol. The van der Waals surface area contributed by atoms with Gasteiger partial charge in [-0.15, -0.1) is 0 Å². The van der Waals surface area contributed by atoms with Crippen molar-refractivity contribution in [3.8, 4) is 0 Å². The predicted octanol–water partition coefficient (Wildman–Crippen LogP) is 2.14. The Balaban J connectivity index is 2.21. The second-order valence-corrected chi connectivity index (χ2v) is 8.92. The van der Waals surface area contributed by atoms with E-state index in [1.165, 1.54) is 25.5 Å². The zero-order valence-corrected chi connectivity index (χ0v) is 16.9. The Kier molecular flexibility index (Phi) is 7.39. The van der Waals surface area contributed by atoms with Crippen molar-refractivity contribution in [2.75, 3.05) is 11.1 Å². The number of aromatic nitrogens is 2. The van der Waals surface area contributed by atoms with Gasteiger partial charge in [-0.1, -0.05) is 32.1 Å². The molecular formula is C16H28N6O2S2. The summed E-state index contributed by atoms with van der Waals surface area (Å²) < 4.78 is 27.8. The van der Waals surface area contributed by atoms with Crippen LogP contribution in [0, 0.1) is 0 Å². The minimum atomic E-state index is -3.92. The maximum Gasteiger partial charge on any atom is 0.268 e. The van der Waals surface area contributed by atoms with E-state index in [4.69, 9.17) is 18.0 Å². The number of nitrogen functional groups attached to an aromatic ring is 1. The van der Waals surface area contributed by atoms with E-state index in [2.05, 4.69) is 25.3 Å². The zero-order chi connectivity index (χ0) is 19.2. The Morgan fingerprint density at radius 2 is 1.85 bits per heavy atom. The van der Waals surface area contributed by atoms with Gasteiger partial charge in [-0.3, -0.25) is 4.72 Å². The first-order valence-corrected chi connectivity index (χ1v) is 10.9. The predicted molar refractivity (Wildman–Crippen MR) is 107 cm³/mol. The van der Waals surface area contributed by atoms with E-state index < -0.39 is 10.0 Å². The van der Waals surface area contributed by atoms with Crippen LogP contribution in [0.1, 0.15) is 58.8 Å². The third kappa shape index (κ3) is 6.24. The summed E-state index contributed by atoms with van der Waals surface area (Å²) in [7, 11) is -3.92. The van der Waals surface area contributed by atoms with E-state index >= 15 is 0 Å². The molecule has 0 saturated heterocycles. The number of anilines is 2. The van der Waals surface area contributed by atoms with E-state index in [-0.39, 0.29) is 33.9 Å². The molecule has 1 aromatic heterocycles. The average molecular weight is 401 g/mol. The minimum absolute atomic E-state index is 0.0142. The molecule has 0 aromatic carbocycles. The molecule has 1 fully saturated rings. The Morgan fingerprint density at radius 1 is 1.23 bits per heavy atom. The number of thiocarbonyl (C=S) groups is 1. The number of hydrogen-bond acceptors (Lipinski definition) is 7. The minimum Gasteiger partial charge on any atom is -0.368 e. The van der Waals surface area contributed by atoms with Crippen molar-refractivity contribution in [2.45, 2.75) is 75.8 Å². The van der Waals surface area contributed by atoms with Crippen LogP contribution in [0.5, 0.6) is 0 Å². The van der Waals surface area contributed by atoms with Crippen LogP contribution in [-0.2, 0) is 10.0 Å². The molecule has 2 rings (SSSR count). The van der Waals surface area contributed by atoms with Crippen LogP contribution in [0.15, 0.2) is 11.1 Å². The quantitative estimate of drug-likeness (QED) is 0.555. The van der Waals surface area contributed by atoms with Crippen molar-refractivity contribution in [3.05, 3.63) is 6.20 Å². The fourth-order valence-corrected chi connectivity index (χ4v) is 4.48. The highest BCUT2D eigenvalue weighted by Crippen LogP contribution is 2.24. The molecule has 10 heteroatoms. The molecule has 0 bridgehead atoms. The van der Waals surface area contributed by atoms with Crippen molar-refractivity contribution >= 4 is 39.1 Å². The first kappa shape index (κ1) is 20.6. The number of rotatable bonds is 5. The highest BCUT2D eigenvalue weighted by molar-refractivity contribution is 7.92. The molecule has 0 radical (unpaired) electrons. The first-order chi connectivity index (χ1) is 12.3. The Hall–Kier alpha value is -1.68. The summed E-state index contributed by atoms with van der Waals surface area (Å²) >= 11 is 5.05. The van der Waals surface area contributed by atoms with E-state index in [9.17, 15) is 8.42 Å². The summed E-state index contributed by atoms with van der Waals surface area (Å²) in [5.41, 5.74) is 5.68. The Bertz CT molecular complexity index is 715. The smallest absolute Gasteiger partial charge is 0.268 e. The van der Waals surface area contributed by atoms with Crippen molar-refractivity contribution in [3.63, 3.8) is 0 Å². The van der Waals surface area contributed by atoms with E-state index in [0.29, 0.717) is 0 Å². The maximum absolute atomic E-state index is 12.7. The molecule has 26 heavy (non-hydrogen) atoms. The van der Waals surface area contributed by atoms with Gasteiger partial charge in [0.2, 0.25) is 5.95 Å². The molecule has 5 N–H and O–H groups in total. The highest BCUT2D eigenvalue weighted by Gasteiger charge is 2.24. The topological polar surface area (TPSA) is 122 Å². The summed E-state index contributed by atoms with van der Waals surface area (Å²) in [4.78, 5) is 7.92. The molecule has 1 aromatic rings. The third-order valence-corrected chi connectivity index (χ3v) is 5.86. The summed E-state index contributed by atoms with van der Waals surface area (Å²) in [6, 6.07) is 0.180. The number of hydrogen-bond donors (Lipinski definition) is 4. The summed E-state index contributed by atoms with van der Waals surface area (Å²) in [6.45, 7) is 3.74. The second-order valence-electron chi connectivity index (χ2n) is 6.86. The van der Waals surface area contributed by atoms with Gasteiger partial charge in [0.1, 0.15) is 4.90 Å². The summed E-state index contributed by atoms with van der Waals surface area (Å²) in [5.74, 6) is 0.253. The van der Waals surface area contributed by atoms with Crippen molar-refractivity contribution in [1.82, 2.24) is 20.0 Å². The highest BCUT2D eigenvalue weighted by atomic mass is 32.2. The molecule has 1 aliphatic carbocycles. The molecular weight excluding hydrogens is 372 g/mol. The van der Waals surface area contributed by atoms with E-state index in [0.717, 1.165) is 25.7 Å². The van der Waals surface area contributed by atoms with Crippen LogP contribution in [0.25, 0.3) is 0 Å². The molecule has 0 spiro atoms. The standard InChI is InChI=1S/C16H28N6O2S2/c1-11(2)19-16(25)22-26(23,24)13-10-18-15(17)21-14(13)20-12-8-6-4-3-5-7-9-12/h10-12H,3-9H2,1-2H3,(H2,19,22,25)(H3,17,18,20,21). The summed E-state index contributed by atoms with van der Waals surface area (Å²) in [6.07, 6.45) is 9.05. The molecule has 1 saturated carbocycles. The van der Waals surface area contributed by atoms with Crippen LogP contribution in [-0.4, -0.2) is 35.6 Å². The lowest BCUT2D eigenvalue weighted by Gasteiger charge is -2.23. The SMILES string of the molecule is CC(C)NC(=S)NS(=O)(=O)c1cnc(N)nc1NC1CCCCCCC1. The molecule has 8 nitrogen and oxygen atoms in total. The van der Waals surface area contributed by atoms with E-state index in [1.807, 2.05) is 13.8 Å². The first-order valence-electron chi connectivity index (χ1n) is 9.00. The van der Waals surface area contributed by atoms with Gasteiger partial charge in [0.05, 0.1) is 6.20 Å². The maximum atomic E-state index is 12.7. The largest absolute Gasteiger partial charge is 0.368 e. The fraction of sp³-hybridized carbons (Fsp3) is 0.688. The van der Waals surface area contributed by atoms with Crippen LogP contribution in [0.2, 0.25) is 0 Å². The Labute approximate surface area is 160 Å². The normalized spacial score (nSPS) is 16.6. The number of nitrogens with two attached hydrogens (primary N) is 1. The number of nitrogens with zero attached hydrogens (tertiary/aromatic N) is 2. The van der Waals surface area contributed by atoms with Gasteiger partial charge in [0.25, 0.3) is 10.0 Å². The molecule has 1 heterocycles. The lowest BCUT2D eigenvalue weighted by molar-refractivity contribution is 0.470. The van der Waals surface area contributed by atoms with E-state index in [1.54, 1.807) is 0 Å². The average Bonchev–Trinajstić information content (AvgIpc) is 2.48. The van der Waals surface area contributed by atoms with Crippen LogP contribution in [0.4, 0.5) is 11.8 Å².